The quantitative estimate of drug-likeness (QED) is 0.823. The van der Waals surface area contributed by atoms with Crippen molar-refractivity contribution in [2.45, 2.75) is 0 Å². The van der Waals surface area contributed by atoms with Crippen molar-refractivity contribution in [2.75, 3.05) is 25.1 Å². The third-order valence-corrected chi connectivity index (χ3v) is 2.46. The van der Waals surface area contributed by atoms with E-state index < -0.39 is 0 Å². The average Bonchev–Trinajstić information content (AvgIpc) is 2.01. The van der Waals surface area contributed by atoms with E-state index in [1.807, 2.05) is 12.1 Å². The predicted molar refractivity (Wildman–Crippen MR) is 54.7 cm³/mol. The monoisotopic (exact) mass is 242 g/mol. The van der Waals surface area contributed by atoms with Crippen LogP contribution in [0.4, 0.5) is 5.69 Å². The third kappa shape index (κ3) is 2.42. The summed E-state index contributed by atoms with van der Waals surface area (Å²) in [7, 11) is 0. The lowest BCUT2D eigenvalue weighted by Crippen LogP contribution is -2.33. The molecule has 0 aliphatic carbocycles. The molecule has 0 saturated carbocycles. The van der Waals surface area contributed by atoms with Gasteiger partial charge in [-0.05, 0) is 28.1 Å². The standard InChI is InChI=1S/C9H11BrN2O/c10-9-3-8(1-2-11-9)12-4-7-5-13-6-7/h1-3,7H,4-6H2,(H,11,12). The first kappa shape index (κ1) is 8.97. The second-order valence-corrected chi connectivity index (χ2v) is 3.96. The first-order chi connectivity index (χ1) is 6.34. The summed E-state index contributed by atoms with van der Waals surface area (Å²) in [6.07, 6.45) is 1.78. The predicted octanol–water partition coefficient (Wildman–Crippen LogP) is 1.90. The van der Waals surface area contributed by atoms with Gasteiger partial charge in [-0.25, -0.2) is 4.98 Å². The summed E-state index contributed by atoms with van der Waals surface area (Å²) in [5, 5.41) is 3.34. The van der Waals surface area contributed by atoms with Crippen LogP contribution in [0.2, 0.25) is 0 Å². The van der Waals surface area contributed by atoms with Gasteiger partial charge >= 0.3 is 0 Å². The van der Waals surface area contributed by atoms with E-state index in [4.69, 9.17) is 4.74 Å². The molecule has 1 fully saturated rings. The molecule has 1 aliphatic rings. The second kappa shape index (κ2) is 4.07. The molecule has 2 heterocycles. The van der Waals surface area contributed by atoms with Crippen molar-refractivity contribution < 1.29 is 4.74 Å². The van der Waals surface area contributed by atoms with Gasteiger partial charge in [-0.1, -0.05) is 0 Å². The highest BCUT2D eigenvalue weighted by atomic mass is 79.9. The Labute approximate surface area is 85.6 Å². The molecule has 13 heavy (non-hydrogen) atoms. The smallest absolute Gasteiger partial charge is 0.108 e. The van der Waals surface area contributed by atoms with Gasteiger partial charge in [0.1, 0.15) is 4.60 Å². The second-order valence-electron chi connectivity index (χ2n) is 3.15. The zero-order valence-corrected chi connectivity index (χ0v) is 8.75. The molecule has 0 aromatic carbocycles. The number of rotatable bonds is 3. The van der Waals surface area contributed by atoms with Gasteiger partial charge in [0.25, 0.3) is 0 Å². The van der Waals surface area contributed by atoms with E-state index in [1.54, 1.807) is 6.20 Å². The fourth-order valence-electron chi connectivity index (χ4n) is 1.18. The lowest BCUT2D eigenvalue weighted by Gasteiger charge is -2.26. The van der Waals surface area contributed by atoms with E-state index in [9.17, 15) is 0 Å². The number of hydrogen-bond acceptors (Lipinski definition) is 3. The molecule has 1 aromatic rings. The van der Waals surface area contributed by atoms with Gasteiger partial charge in [0, 0.05) is 24.3 Å². The van der Waals surface area contributed by atoms with Gasteiger partial charge in [0.15, 0.2) is 0 Å². The van der Waals surface area contributed by atoms with Crippen LogP contribution in [0, 0.1) is 5.92 Å². The summed E-state index contributed by atoms with van der Waals surface area (Å²) in [6.45, 7) is 2.76. The summed E-state index contributed by atoms with van der Waals surface area (Å²) in [4.78, 5) is 4.05. The van der Waals surface area contributed by atoms with Crippen LogP contribution in [0.5, 0.6) is 0 Å². The SMILES string of the molecule is Brc1cc(NCC2COC2)ccn1. The van der Waals surface area contributed by atoms with Crippen LogP contribution < -0.4 is 5.32 Å². The number of pyridine rings is 1. The van der Waals surface area contributed by atoms with Crippen LogP contribution in [0.1, 0.15) is 0 Å². The van der Waals surface area contributed by atoms with Crippen molar-refractivity contribution in [3.05, 3.63) is 22.9 Å². The van der Waals surface area contributed by atoms with E-state index in [0.717, 1.165) is 30.0 Å². The Hall–Kier alpha value is -0.610. The highest BCUT2D eigenvalue weighted by Crippen LogP contribution is 2.15. The molecule has 1 aliphatic heterocycles. The molecule has 1 N–H and O–H groups in total. The van der Waals surface area contributed by atoms with Crippen LogP contribution in [0.25, 0.3) is 0 Å². The minimum absolute atomic E-state index is 0.673. The molecule has 0 radical (unpaired) electrons. The third-order valence-electron chi connectivity index (χ3n) is 2.03. The van der Waals surface area contributed by atoms with Crippen molar-refractivity contribution in [1.82, 2.24) is 4.98 Å². The Balaban J connectivity index is 1.86. The van der Waals surface area contributed by atoms with Crippen LogP contribution in [-0.2, 0) is 4.74 Å². The lowest BCUT2D eigenvalue weighted by molar-refractivity contribution is -0.0248. The number of halogens is 1. The molecule has 0 amide bonds. The van der Waals surface area contributed by atoms with Gasteiger partial charge < -0.3 is 10.1 Å². The maximum atomic E-state index is 5.09. The van der Waals surface area contributed by atoms with E-state index in [-0.39, 0.29) is 0 Å². The van der Waals surface area contributed by atoms with Crippen LogP contribution >= 0.6 is 15.9 Å². The molecule has 1 aromatic heterocycles. The molecule has 0 spiro atoms. The van der Waals surface area contributed by atoms with Crippen molar-refractivity contribution in [3.8, 4) is 0 Å². The van der Waals surface area contributed by atoms with Gasteiger partial charge in [-0.3, -0.25) is 0 Å². The maximum Gasteiger partial charge on any atom is 0.108 e. The average molecular weight is 243 g/mol. The van der Waals surface area contributed by atoms with Crippen LogP contribution in [-0.4, -0.2) is 24.7 Å². The number of hydrogen-bond donors (Lipinski definition) is 1. The van der Waals surface area contributed by atoms with Crippen molar-refractivity contribution in [2.24, 2.45) is 5.92 Å². The zero-order chi connectivity index (χ0) is 9.10. The summed E-state index contributed by atoms with van der Waals surface area (Å²) >= 11 is 3.32. The Bertz CT molecular complexity index is 289. The molecular formula is C9H11BrN2O. The molecule has 4 heteroatoms. The van der Waals surface area contributed by atoms with Gasteiger partial charge in [0.2, 0.25) is 0 Å². The van der Waals surface area contributed by atoms with E-state index in [0.29, 0.717) is 5.92 Å². The first-order valence-electron chi connectivity index (χ1n) is 4.28. The van der Waals surface area contributed by atoms with Gasteiger partial charge in [0.05, 0.1) is 13.2 Å². The number of ether oxygens (including phenoxy) is 1. The maximum absolute atomic E-state index is 5.09. The summed E-state index contributed by atoms with van der Waals surface area (Å²) in [5.74, 6) is 0.673. The Morgan fingerprint density at radius 1 is 1.62 bits per heavy atom. The van der Waals surface area contributed by atoms with E-state index >= 15 is 0 Å². The normalized spacial score (nSPS) is 16.7. The lowest BCUT2D eigenvalue weighted by atomic mass is 10.1. The molecule has 70 valence electrons. The fraction of sp³-hybridized carbons (Fsp3) is 0.444. The molecule has 3 nitrogen and oxygen atoms in total. The largest absolute Gasteiger partial charge is 0.384 e. The zero-order valence-electron chi connectivity index (χ0n) is 7.16. The van der Waals surface area contributed by atoms with Crippen molar-refractivity contribution in [1.29, 1.82) is 0 Å². The summed E-state index contributed by atoms with van der Waals surface area (Å²) in [6, 6.07) is 3.93. The van der Waals surface area contributed by atoms with E-state index in [2.05, 4.69) is 26.2 Å². The van der Waals surface area contributed by atoms with Crippen LogP contribution in [0.3, 0.4) is 0 Å². The fourth-order valence-corrected chi connectivity index (χ4v) is 1.54. The Kier molecular flexibility index (Phi) is 2.80. The minimum atomic E-state index is 0.673. The highest BCUT2D eigenvalue weighted by Gasteiger charge is 2.17. The van der Waals surface area contributed by atoms with Gasteiger partial charge in [-0.15, -0.1) is 0 Å². The van der Waals surface area contributed by atoms with Crippen molar-refractivity contribution >= 4 is 21.6 Å². The minimum Gasteiger partial charge on any atom is -0.384 e. The molecule has 0 atom stereocenters. The van der Waals surface area contributed by atoms with E-state index in [1.165, 1.54) is 0 Å². The van der Waals surface area contributed by atoms with Gasteiger partial charge in [-0.2, -0.15) is 0 Å². The molecule has 0 bridgehead atoms. The topological polar surface area (TPSA) is 34.1 Å². The molecule has 1 saturated heterocycles. The van der Waals surface area contributed by atoms with Crippen LogP contribution in [0.15, 0.2) is 22.9 Å². The number of nitrogens with one attached hydrogen (secondary N) is 1. The summed E-state index contributed by atoms with van der Waals surface area (Å²) < 4.78 is 5.95. The summed E-state index contributed by atoms with van der Waals surface area (Å²) in [5.41, 5.74) is 1.11. The number of aromatic nitrogens is 1. The highest BCUT2D eigenvalue weighted by molar-refractivity contribution is 9.10. The molecular weight excluding hydrogens is 232 g/mol. The Morgan fingerprint density at radius 3 is 3.08 bits per heavy atom. The Morgan fingerprint density at radius 2 is 2.46 bits per heavy atom. The number of nitrogens with zero attached hydrogens (tertiary/aromatic N) is 1. The first-order valence-corrected chi connectivity index (χ1v) is 5.07. The molecule has 2 rings (SSSR count). The molecule has 0 unspecified atom stereocenters. The van der Waals surface area contributed by atoms with Crippen molar-refractivity contribution in [3.63, 3.8) is 0 Å². The number of anilines is 1.